The average molecular weight is 554 g/mol. The van der Waals surface area contributed by atoms with Crippen LogP contribution in [0, 0.1) is 0 Å². The number of alkyl halides is 1. The van der Waals surface area contributed by atoms with Gasteiger partial charge in [-0.3, -0.25) is 23.7 Å². The lowest BCUT2D eigenvalue weighted by Crippen LogP contribution is -2.43. The van der Waals surface area contributed by atoms with Crippen molar-refractivity contribution in [2.24, 2.45) is 0 Å². The van der Waals surface area contributed by atoms with Gasteiger partial charge in [0.15, 0.2) is 11.9 Å². The molecule has 1 saturated heterocycles. The van der Waals surface area contributed by atoms with Crippen molar-refractivity contribution < 1.29 is 37.4 Å². The predicted octanol–water partition coefficient (Wildman–Crippen LogP) is 1.75. The van der Waals surface area contributed by atoms with E-state index in [0.717, 1.165) is 34.7 Å². The van der Waals surface area contributed by atoms with Crippen LogP contribution in [0.25, 0.3) is 10.9 Å². The van der Waals surface area contributed by atoms with Crippen molar-refractivity contribution in [1.82, 2.24) is 19.6 Å². The molecule has 1 aliphatic heterocycles. The summed E-state index contributed by atoms with van der Waals surface area (Å²) in [6.07, 6.45) is -2.52. The van der Waals surface area contributed by atoms with Crippen molar-refractivity contribution in [2.75, 3.05) is 13.2 Å². The summed E-state index contributed by atoms with van der Waals surface area (Å²) in [6, 6.07) is 7.58. The van der Waals surface area contributed by atoms with E-state index in [-0.39, 0.29) is 5.75 Å². The summed E-state index contributed by atoms with van der Waals surface area (Å²) in [5.74, 6) is -0.578. The Kier molecular flexibility index (Phi) is 7.90. The fourth-order valence-electron chi connectivity index (χ4n) is 3.93. The number of aromatic amines is 2. The van der Waals surface area contributed by atoms with E-state index in [9.17, 15) is 24.1 Å². The third-order valence-corrected chi connectivity index (χ3v) is 7.25. The Labute approximate surface area is 215 Å². The SMILES string of the molecule is CC(C)OC(=O)CNP(=O)(OCC1OC(n2ccc(=O)[nH]c2=O)C(C)(F)C1O)Oc1ccc2[nH]ccc2c1. The minimum atomic E-state index is -4.32. The number of hydrogen-bond acceptors (Lipinski definition) is 9. The number of halogens is 1. The highest BCUT2D eigenvalue weighted by Gasteiger charge is 2.55. The highest BCUT2D eigenvalue weighted by molar-refractivity contribution is 7.52. The van der Waals surface area contributed by atoms with E-state index < -0.39 is 68.3 Å². The number of aliphatic hydroxyl groups is 1. The second-order valence-electron chi connectivity index (χ2n) is 9.13. The quantitative estimate of drug-likeness (QED) is 0.214. The smallest absolute Gasteiger partial charge is 0.459 e. The van der Waals surface area contributed by atoms with Gasteiger partial charge in [-0.05, 0) is 45.0 Å². The molecule has 15 heteroatoms. The first kappa shape index (κ1) is 27.7. The normalized spacial score (nSPS) is 24.9. The maximum atomic E-state index is 15.5. The third kappa shape index (κ3) is 6.05. The summed E-state index contributed by atoms with van der Waals surface area (Å²) < 4.78 is 51.6. The summed E-state index contributed by atoms with van der Waals surface area (Å²) in [5, 5.41) is 13.8. The van der Waals surface area contributed by atoms with Crippen molar-refractivity contribution in [3.8, 4) is 5.75 Å². The van der Waals surface area contributed by atoms with Gasteiger partial charge >= 0.3 is 19.4 Å². The lowest BCUT2D eigenvalue weighted by Gasteiger charge is -2.24. The standard InChI is InChI=1S/C23H28FN4O9P/c1-13(2)35-19(30)11-26-38(33,37-15-4-5-16-14(10-15)6-8-25-16)34-12-17-20(31)23(3,24)21(36-17)28-9-7-18(29)27-22(28)32/h4-10,13,17,20-21,25,31H,11-12H2,1-3H3,(H,26,33)(H,27,29,32). The number of ether oxygens (including phenoxy) is 2. The highest BCUT2D eigenvalue weighted by atomic mass is 31.2. The average Bonchev–Trinajstić information content (AvgIpc) is 3.39. The molecule has 2 aromatic heterocycles. The Morgan fingerprint density at radius 3 is 2.79 bits per heavy atom. The Morgan fingerprint density at radius 1 is 1.32 bits per heavy atom. The first-order valence-electron chi connectivity index (χ1n) is 11.7. The minimum absolute atomic E-state index is 0.144. The molecule has 1 fully saturated rings. The zero-order valence-electron chi connectivity index (χ0n) is 20.8. The number of benzene rings is 1. The van der Waals surface area contributed by atoms with E-state index in [2.05, 4.69) is 10.1 Å². The Bertz CT molecular complexity index is 1470. The molecule has 3 heterocycles. The van der Waals surface area contributed by atoms with E-state index in [1.165, 1.54) is 6.07 Å². The summed E-state index contributed by atoms with van der Waals surface area (Å²) in [6.45, 7) is 3.13. The van der Waals surface area contributed by atoms with Gasteiger partial charge in [0.1, 0.15) is 24.5 Å². The number of nitrogens with zero attached hydrogens (tertiary/aromatic N) is 1. The number of H-pyrrole nitrogens is 2. The van der Waals surface area contributed by atoms with Crippen LogP contribution in [-0.2, 0) is 23.4 Å². The summed E-state index contributed by atoms with van der Waals surface area (Å²) >= 11 is 0. The second kappa shape index (κ2) is 10.8. The zero-order valence-corrected chi connectivity index (χ0v) is 21.6. The van der Waals surface area contributed by atoms with E-state index in [1.807, 2.05) is 4.98 Å². The number of aliphatic hydroxyl groups excluding tert-OH is 1. The van der Waals surface area contributed by atoms with Crippen LogP contribution in [0.4, 0.5) is 4.39 Å². The van der Waals surface area contributed by atoms with Gasteiger partial charge in [-0.1, -0.05) is 0 Å². The van der Waals surface area contributed by atoms with E-state index in [4.69, 9.17) is 18.5 Å². The number of esters is 1. The molecule has 0 amide bonds. The van der Waals surface area contributed by atoms with Gasteiger partial charge in [0.05, 0.1) is 12.7 Å². The first-order chi connectivity index (χ1) is 17.9. The van der Waals surface area contributed by atoms with E-state index in [1.54, 1.807) is 38.2 Å². The maximum absolute atomic E-state index is 15.5. The van der Waals surface area contributed by atoms with Gasteiger partial charge in [0, 0.05) is 29.4 Å². The fourth-order valence-corrected chi connectivity index (χ4v) is 5.20. The van der Waals surface area contributed by atoms with Crippen molar-refractivity contribution in [1.29, 1.82) is 0 Å². The number of carbonyl (C=O) groups is 1. The second-order valence-corrected chi connectivity index (χ2v) is 10.9. The molecule has 0 spiro atoms. The van der Waals surface area contributed by atoms with E-state index >= 15 is 4.39 Å². The molecular formula is C23H28FN4O9P. The number of rotatable bonds is 10. The summed E-state index contributed by atoms with van der Waals surface area (Å²) in [4.78, 5) is 40.6. The molecule has 206 valence electrons. The Morgan fingerprint density at radius 2 is 2.08 bits per heavy atom. The molecule has 5 unspecified atom stereocenters. The van der Waals surface area contributed by atoms with Crippen molar-refractivity contribution in [3.05, 3.63) is 63.6 Å². The minimum Gasteiger partial charge on any atom is -0.462 e. The molecule has 4 N–H and O–H groups in total. The van der Waals surface area contributed by atoms with Gasteiger partial charge in [-0.25, -0.2) is 18.8 Å². The fraction of sp³-hybridized carbons (Fsp3) is 0.435. The molecule has 5 atom stereocenters. The van der Waals surface area contributed by atoms with Crippen LogP contribution >= 0.6 is 7.75 Å². The molecule has 4 rings (SSSR count). The van der Waals surface area contributed by atoms with Gasteiger partial charge in [0.2, 0.25) is 0 Å². The number of carbonyl (C=O) groups excluding carboxylic acids is 1. The van der Waals surface area contributed by atoms with Crippen LogP contribution in [0.15, 0.2) is 52.3 Å². The molecule has 0 saturated carbocycles. The Hall–Kier alpha value is -3.29. The summed E-state index contributed by atoms with van der Waals surface area (Å²) in [7, 11) is -4.32. The maximum Gasteiger partial charge on any atom is 0.459 e. The van der Waals surface area contributed by atoms with Gasteiger partial charge in [-0.2, -0.15) is 0 Å². The van der Waals surface area contributed by atoms with Crippen LogP contribution in [0.3, 0.4) is 0 Å². The van der Waals surface area contributed by atoms with Crippen LogP contribution in [-0.4, -0.2) is 62.7 Å². The highest BCUT2D eigenvalue weighted by Crippen LogP contribution is 2.47. The van der Waals surface area contributed by atoms with Gasteiger partial charge in [-0.15, -0.1) is 0 Å². The van der Waals surface area contributed by atoms with E-state index in [0.29, 0.717) is 0 Å². The van der Waals surface area contributed by atoms with Gasteiger partial charge < -0.3 is 24.1 Å². The molecular weight excluding hydrogens is 526 g/mol. The van der Waals surface area contributed by atoms with Crippen molar-refractivity contribution >= 4 is 24.6 Å². The molecule has 1 aromatic carbocycles. The lowest BCUT2D eigenvalue weighted by atomic mass is 9.98. The molecule has 0 radical (unpaired) electrons. The first-order valence-corrected chi connectivity index (χ1v) is 13.2. The predicted molar refractivity (Wildman–Crippen MR) is 132 cm³/mol. The van der Waals surface area contributed by atoms with Crippen LogP contribution < -0.4 is 20.9 Å². The lowest BCUT2D eigenvalue weighted by molar-refractivity contribution is -0.146. The third-order valence-electron chi connectivity index (χ3n) is 5.76. The van der Waals surface area contributed by atoms with Crippen molar-refractivity contribution in [3.63, 3.8) is 0 Å². The molecule has 3 aromatic rings. The number of fused-ring (bicyclic) bond motifs is 1. The van der Waals surface area contributed by atoms with Gasteiger partial charge in [0.25, 0.3) is 5.56 Å². The molecule has 13 nitrogen and oxygen atoms in total. The number of hydrogen-bond donors (Lipinski definition) is 4. The van der Waals surface area contributed by atoms with Crippen LogP contribution in [0.5, 0.6) is 5.75 Å². The van der Waals surface area contributed by atoms with Crippen LogP contribution in [0.1, 0.15) is 27.0 Å². The molecule has 0 bridgehead atoms. The largest absolute Gasteiger partial charge is 0.462 e. The van der Waals surface area contributed by atoms with Crippen molar-refractivity contribution in [2.45, 2.75) is 51.0 Å². The molecule has 38 heavy (non-hydrogen) atoms. The molecule has 0 aliphatic carbocycles. The topological polar surface area (TPSA) is 174 Å². The zero-order chi connectivity index (χ0) is 27.7. The molecule has 1 aliphatic rings. The number of aromatic nitrogens is 3. The Balaban J connectivity index is 1.53. The number of nitrogens with one attached hydrogen (secondary N) is 3. The summed E-state index contributed by atoms with van der Waals surface area (Å²) in [5.41, 5.74) is -3.33. The van der Waals surface area contributed by atoms with Crippen LogP contribution in [0.2, 0.25) is 0 Å². The monoisotopic (exact) mass is 554 g/mol.